The van der Waals surface area contributed by atoms with E-state index in [0.717, 1.165) is 17.4 Å². The topological polar surface area (TPSA) is 20.3 Å². The largest absolute Gasteiger partial charge is 0.342 e. The Morgan fingerprint density at radius 1 is 1.53 bits per heavy atom. The minimum atomic E-state index is -0.0387. The highest BCUT2D eigenvalue weighted by molar-refractivity contribution is 9.10. The zero-order valence-corrected chi connectivity index (χ0v) is 11.1. The summed E-state index contributed by atoms with van der Waals surface area (Å²) in [5.41, 5.74) is 0.544. The van der Waals surface area contributed by atoms with Gasteiger partial charge in [-0.25, -0.2) is 0 Å². The normalized spacial score (nSPS) is 10.1. The average molecular weight is 291 g/mol. The van der Waals surface area contributed by atoms with Crippen LogP contribution in [0.2, 0.25) is 5.02 Å². The first-order valence-electron chi connectivity index (χ1n) is 4.76. The third-order valence-electron chi connectivity index (χ3n) is 2.06. The number of carbonyl (C=O) groups is 1. The van der Waals surface area contributed by atoms with Crippen molar-refractivity contribution in [3.63, 3.8) is 0 Å². The van der Waals surface area contributed by atoms with Crippen LogP contribution >= 0.6 is 27.5 Å². The molecule has 0 aliphatic heterocycles. The maximum atomic E-state index is 11.9. The van der Waals surface area contributed by atoms with Gasteiger partial charge in [0.15, 0.2) is 0 Å². The van der Waals surface area contributed by atoms with E-state index in [1.54, 1.807) is 24.1 Å². The van der Waals surface area contributed by atoms with Crippen LogP contribution in [0, 0.1) is 0 Å². The minimum Gasteiger partial charge on any atom is -0.342 e. The first kappa shape index (κ1) is 12.5. The van der Waals surface area contributed by atoms with E-state index < -0.39 is 0 Å². The van der Waals surface area contributed by atoms with Crippen LogP contribution in [0.1, 0.15) is 23.7 Å². The summed E-state index contributed by atoms with van der Waals surface area (Å²) in [7, 11) is 1.78. The Balaban J connectivity index is 2.95. The van der Waals surface area contributed by atoms with Crippen molar-refractivity contribution < 1.29 is 4.79 Å². The van der Waals surface area contributed by atoms with Gasteiger partial charge in [-0.2, -0.15) is 0 Å². The molecule has 0 heterocycles. The second kappa shape index (κ2) is 5.52. The quantitative estimate of drug-likeness (QED) is 0.833. The summed E-state index contributed by atoms with van der Waals surface area (Å²) in [6, 6.07) is 5.29. The lowest BCUT2D eigenvalue weighted by Gasteiger charge is -2.16. The molecule has 0 spiro atoms. The van der Waals surface area contributed by atoms with Crippen LogP contribution in [0.25, 0.3) is 0 Å². The summed E-state index contributed by atoms with van der Waals surface area (Å²) in [5.74, 6) is -0.0387. The summed E-state index contributed by atoms with van der Waals surface area (Å²) in [6.45, 7) is 2.77. The van der Waals surface area contributed by atoms with E-state index in [4.69, 9.17) is 11.6 Å². The third kappa shape index (κ3) is 3.21. The maximum absolute atomic E-state index is 11.9. The molecule has 2 nitrogen and oxygen atoms in total. The van der Waals surface area contributed by atoms with Crippen molar-refractivity contribution in [2.75, 3.05) is 13.6 Å². The molecule has 82 valence electrons. The molecule has 0 bridgehead atoms. The Bertz CT molecular complexity index is 368. The lowest BCUT2D eigenvalue weighted by molar-refractivity contribution is 0.0795. The number of amides is 1. The fourth-order valence-corrected chi connectivity index (χ4v) is 1.86. The Morgan fingerprint density at radius 2 is 2.20 bits per heavy atom. The van der Waals surface area contributed by atoms with E-state index in [1.165, 1.54) is 0 Å². The van der Waals surface area contributed by atoms with Gasteiger partial charge in [-0.15, -0.1) is 0 Å². The monoisotopic (exact) mass is 289 g/mol. The molecule has 0 aliphatic carbocycles. The summed E-state index contributed by atoms with van der Waals surface area (Å²) in [6.07, 6.45) is 0.938. The molecule has 0 saturated heterocycles. The van der Waals surface area contributed by atoms with Gasteiger partial charge in [-0.1, -0.05) is 34.5 Å². The van der Waals surface area contributed by atoms with Crippen LogP contribution in [0.5, 0.6) is 0 Å². The van der Waals surface area contributed by atoms with Gasteiger partial charge in [0.1, 0.15) is 0 Å². The molecule has 1 amide bonds. The number of hydrogen-bond donors (Lipinski definition) is 0. The molecule has 15 heavy (non-hydrogen) atoms. The lowest BCUT2D eigenvalue weighted by Crippen LogP contribution is -2.27. The van der Waals surface area contributed by atoms with Gasteiger partial charge in [0, 0.05) is 18.1 Å². The van der Waals surface area contributed by atoms with Gasteiger partial charge in [0.25, 0.3) is 5.91 Å². The number of hydrogen-bond acceptors (Lipinski definition) is 1. The Hall–Kier alpha value is -0.540. The van der Waals surface area contributed by atoms with E-state index >= 15 is 0 Å². The Morgan fingerprint density at radius 3 is 2.80 bits per heavy atom. The molecule has 0 atom stereocenters. The average Bonchev–Trinajstić information content (AvgIpc) is 2.21. The fraction of sp³-hybridized carbons (Fsp3) is 0.364. The van der Waals surface area contributed by atoms with Crippen molar-refractivity contribution >= 4 is 33.4 Å². The molecule has 0 unspecified atom stereocenters. The first-order valence-corrected chi connectivity index (χ1v) is 5.94. The van der Waals surface area contributed by atoms with Crippen molar-refractivity contribution in [1.29, 1.82) is 0 Å². The minimum absolute atomic E-state index is 0.0387. The van der Waals surface area contributed by atoms with Crippen LogP contribution in [0.4, 0.5) is 0 Å². The summed E-state index contributed by atoms with van der Waals surface area (Å²) >= 11 is 9.29. The highest BCUT2D eigenvalue weighted by atomic mass is 79.9. The second-order valence-electron chi connectivity index (χ2n) is 3.35. The smallest absolute Gasteiger partial charge is 0.255 e. The molecule has 1 rings (SSSR count). The zero-order chi connectivity index (χ0) is 11.4. The molecule has 0 radical (unpaired) electrons. The van der Waals surface area contributed by atoms with E-state index in [-0.39, 0.29) is 5.91 Å². The van der Waals surface area contributed by atoms with E-state index in [2.05, 4.69) is 15.9 Å². The van der Waals surface area contributed by atoms with Gasteiger partial charge < -0.3 is 4.90 Å². The van der Waals surface area contributed by atoms with Gasteiger partial charge in [0.05, 0.1) is 10.6 Å². The van der Waals surface area contributed by atoms with Crippen molar-refractivity contribution in [3.8, 4) is 0 Å². The molecule has 0 fully saturated rings. The van der Waals surface area contributed by atoms with E-state index in [1.807, 2.05) is 13.0 Å². The number of rotatable bonds is 3. The number of nitrogens with zero attached hydrogens (tertiary/aromatic N) is 1. The number of benzene rings is 1. The van der Waals surface area contributed by atoms with E-state index in [9.17, 15) is 4.79 Å². The zero-order valence-electron chi connectivity index (χ0n) is 8.76. The second-order valence-corrected chi connectivity index (χ2v) is 4.67. The molecular weight excluding hydrogens is 277 g/mol. The molecule has 0 saturated carbocycles. The van der Waals surface area contributed by atoms with Gasteiger partial charge in [-0.05, 0) is 24.6 Å². The SMILES string of the molecule is CCCN(C)C(=O)c1cc(Br)ccc1Cl. The van der Waals surface area contributed by atoms with Crippen molar-refractivity contribution in [3.05, 3.63) is 33.3 Å². The third-order valence-corrected chi connectivity index (χ3v) is 2.89. The summed E-state index contributed by atoms with van der Waals surface area (Å²) in [5, 5.41) is 0.492. The Kier molecular flexibility index (Phi) is 4.61. The lowest BCUT2D eigenvalue weighted by atomic mass is 10.2. The standard InChI is InChI=1S/C11H13BrClNO/c1-3-6-14(2)11(15)9-7-8(12)4-5-10(9)13/h4-5,7H,3,6H2,1-2H3. The van der Waals surface area contributed by atoms with Crippen LogP contribution in [-0.4, -0.2) is 24.4 Å². The van der Waals surface area contributed by atoms with Crippen LogP contribution in [0.15, 0.2) is 22.7 Å². The summed E-state index contributed by atoms with van der Waals surface area (Å²) in [4.78, 5) is 13.6. The first-order chi connectivity index (χ1) is 7.06. The highest BCUT2D eigenvalue weighted by Gasteiger charge is 2.14. The van der Waals surface area contributed by atoms with Gasteiger partial charge >= 0.3 is 0 Å². The summed E-state index contributed by atoms with van der Waals surface area (Å²) < 4.78 is 0.861. The molecule has 1 aromatic rings. The predicted molar refractivity (Wildman–Crippen MR) is 66.4 cm³/mol. The Labute approximate surface area is 103 Å². The number of halogens is 2. The molecular formula is C11H13BrClNO. The molecule has 0 N–H and O–H groups in total. The number of carbonyl (C=O) groups excluding carboxylic acids is 1. The fourth-order valence-electron chi connectivity index (χ4n) is 1.30. The highest BCUT2D eigenvalue weighted by Crippen LogP contribution is 2.22. The predicted octanol–water partition coefficient (Wildman–Crippen LogP) is 3.58. The van der Waals surface area contributed by atoms with Gasteiger partial charge in [0.2, 0.25) is 0 Å². The van der Waals surface area contributed by atoms with E-state index in [0.29, 0.717) is 10.6 Å². The maximum Gasteiger partial charge on any atom is 0.255 e. The molecule has 4 heteroatoms. The van der Waals surface area contributed by atoms with Crippen LogP contribution < -0.4 is 0 Å². The van der Waals surface area contributed by atoms with Gasteiger partial charge in [-0.3, -0.25) is 4.79 Å². The van der Waals surface area contributed by atoms with Crippen molar-refractivity contribution in [1.82, 2.24) is 4.90 Å². The van der Waals surface area contributed by atoms with Crippen LogP contribution in [-0.2, 0) is 0 Å². The molecule has 0 aliphatic rings. The molecule has 0 aromatic heterocycles. The van der Waals surface area contributed by atoms with Crippen molar-refractivity contribution in [2.24, 2.45) is 0 Å². The van der Waals surface area contributed by atoms with Crippen molar-refractivity contribution in [2.45, 2.75) is 13.3 Å². The van der Waals surface area contributed by atoms with Crippen LogP contribution in [0.3, 0.4) is 0 Å². The molecule has 1 aromatic carbocycles.